The molecule has 1 aromatic rings. The van der Waals surface area contributed by atoms with Gasteiger partial charge < -0.3 is 0 Å². The second-order valence-electron chi connectivity index (χ2n) is 3.43. The number of hydrogen-bond acceptors (Lipinski definition) is 4. The van der Waals surface area contributed by atoms with Gasteiger partial charge in [-0.15, -0.1) is 0 Å². The highest BCUT2D eigenvalue weighted by Gasteiger charge is 2.36. The van der Waals surface area contributed by atoms with E-state index in [1.54, 1.807) is 13.8 Å². The minimum Gasteiger partial charge on any atom is -0.291 e. The normalized spacial score (nSPS) is 18.3. The third kappa shape index (κ3) is 1.09. The average molecular weight is 211 g/mol. The number of Topliss-reactive ketones (excluding diaryl/α,β-unsaturated/α-hetero) is 1. The van der Waals surface area contributed by atoms with E-state index in [0.29, 0.717) is 5.56 Å². The standard InChI is InChI=1S/C9H9NO3S/c1-5-3-10-8-7(11)4-14(12,13)9(8)6(5)2/h3H,4H2,1-2H3. The van der Waals surface area contributed by atoms with E-state index in [1.807, 2.05) is 0 Å². The van der Waals surface area contributed by atoms with Gasteiger partial charge in [0.15, 0.2) is 15.6 Å². The number of sulfone groups is 1. The van der Waals surface area contributed by atoms with Gasteiger partial charge in [0.1, 0.15) is 11.4 Å². The Hall–Kier alpha value is -1.23. The molecule has 74 valence electrons. The van der Waals surface area contributed by atoms with Crippen molar-refractivity contribution in [2.45, 2.75) is 18.7 Å². The summed E-state index contributed by atoms with van der Waals surface area (Å²) in [5.74, 6) is -0.831. The Morgan fingerprint density at radius 2 is 2.00 bits per heavy atom. The van der Waals surface area contributed by atoms with Crippen molar-refractivity contribution in [2.75, 3.05) is 5.75 Å². The summed E-state index contributed by atoms with van der Waals surface area (Å²) in [5, 5.41) is 0. The highest BCUT2D eigenvalue weighted by atomic mass is 32.2. The van der Waals surface area contributed by atoms with Crippen molar-refractivity contribution in [3.8, 4) is 0 Å². The monoisotopic (exact) mass is 211 g/mol. The predicted octanol–water partition coefficient (Wildman–Crippen LogP) is 0.668. The van der Waals surface area contributed by atoms with Crippen LogP contribution in [-0.2, 0) is 9.84 Å². The Morgan fingerprint density at radius 3 is 2.64 bits per heavy atom. The zero-order valence-electron chi connectivity index (χ0n) is 7.86. The third-order valence-electron chi connectivity index (χ3n) is 2.43. The van der Waals surface area contributed by atoms with Crippen molar-refractivity contribution in [1.82, 2.24) is 4.98 Å². The molecular formula is C9H9NO3S. The molecule has 0 aliphatic carbocycles. The Bertz CT molecular complexity index is 531. The highest BCUT2D eigenvalue weighted by Crippen LogP contribution is 2.28. The SMILES string of the molecule is Cc1cnc2c(c1C)S(=O)(=O)CC2=O. The minimum absolute atomic E-state index is 0.105. The quantitative estimate of drug-likeness (QED) is 0.632. The number of carbonyl (C=O) groups excluding carboxylic acids is 1. The summed E-state index contributed by atoms with van der Waals surface area (Å²) in [6.07, 6.45) is 1.53. The second-order valence-corrected chi connectivity index (χ2v) is 5.35. The molecule has 0 bridgehead atoms. The van der Waals surface area contributed by atoms with E-state index in [9.17, 15) is 13.2 Å². The molecule has 0 N–H and O–H groups in total. The lowest BCUT2D eigenvalue weighted by Gasteiger charge is -2.03. The Balaban J connectivity index is 2.91. The van der Waals surface area contributed by atoms with Crippen LogP contribution in [-0.4, -0.2) is 24.9 Å². The molecule has 1 aliphatic rings. The number of carbonyl (C=O) groups is 1. The molecule has 1 aliphatic heterocycles. The fourth-order valence-corrected chi connectivity index (χ4v) is 3.28. The molecule has 4 nitrogen and oxygen atoms in total. The smallest absolute Gasteiger partial charge is 0.197 e. The number of fused-ring (bicyclic) bond motifs is 1. The maximum absolute atomic E-state index is 11.6. The number of hydrogen-bond donors (Lipinski definition) is 0. The van der Waals surface area contributed by atoms with Crippen LogP contribution in [0.15, 0.2) is 11.1 Å². The van der Waals surface area contributed by atoms with Crippen LogP contribution in [0.1, 0.15) is 21.6 Å². The van der Waals surface area contributed by atoms with E-state index < -0.39 is 21.4 Å². The zero-order valence-corrected chi connectivity index (χ0v) is 8.68. The van der Waals surface area contributed by atoms with Crippen LogP contribution in [0.25, 0.3) is 0 Å². The molecule has 0 unspecified atom stereocenters. The van der Waals surface area contributed by atoms with Gasteiger partial charge in [-0.2, -0.15) is 0 Å². The van der Waals surface area contributed by atoms with Crippen LogP contribution in [0.4, 0.5) is 0 Å². The summed E-state index contributed by atoms with van der Waals surface area (Å²) in [6.45, 7) is 3.48. The molecule has 2 heterocycles. The van der Waals surface area contributed by atoms with E-state index >= 15 is 0 Å². The van der Waals surface area contributed by atoms with Gasteiger partial charge in [0.05, 0.1) is 4.90 Å². The first kappa shape index (κ1) is 9.33. The third-order valence-corrected chi connectivity index (χ3v) is 4.19. The van der Waals surface area contributed by atoms with Crippen LogP contribution < -0.4 is 0 Å². The largest absolute Gasteiger partial charge is 0.291 e. The predicted molar refractivity (Wildman–Crippen MR) is 50.1 cm³/mol. The van der Waals surface area contributed by atoms with Gasteiger partial charge in [0.25, 0.3) is 0 Å². The van der Waals surface area contributed by atoms with Crippen molar-refractivity contribution in [3.63, 3.8) is 0 Å². The molecule has 14 heavy (non-hydrogen) atoms. The van der Waals surface area contributed by atoms with Gasteiger partial charge in [-0.05, 0) is 25.0 Å². The maximum atomic E-state index is 11.6. The van der Waals surface area contributed by atoms with Gasteiger partial charge in [-0.25, -0.2) is 8.42 Å². The molecule has 0 atom stereocenters. The molecule has 0 fully saturated rings. The van der Waals surface area contributed by atoms with Crippen LogP contribution in [0.5, 0.6) is 0 Å². The lowest BCUT2D eigenvalue weighted by atomic mass is 10.1. The minimum atomic E-state index is -3.42. The van der Waals surface area contributed by atoms with Gasteiger partial charge >= 0.3 is 0 Å². The van der Waals surface area contributed by atoms with Crippen molar-refractivity contribution < 1.29 is 13.2 Å². The zero-order chi connectivity index (χ0) is 10.5. The maximum Gasteiger partial charge on any atom is 0.197 e. The first-order valence-electron chi connectivity index (χ1n) is 4.15. The lowest BCUT2D eigenvalue weighted by molar-refractivity contribution is 0.101. The number of pyridine rings is 1. The van der Waals surface area contributed by atoms with Crippen molar-refractivity contribution in [1.29, 1.82) is 0 Å². The van der Waals surface area contributed by atoms with Gasteiger partial charge in [-0.1, -0.05) is 0 Å². The summed E-state index contributed by atoms with van der Waals surface area (Å²) >= 11 is 0. The first-order valence-corrected chi connectivity index (χ1v) is 5.81. The van der Waals surface area contributed by atoms with Crippen molar-refractivity contribution in [2.24, 2.45) is 0 Å². The van der Waals surface area contributed by atoms with Gasteiger partial charge in [0.2, 0.25) is 0 Å². The van der Waals surface area contributed by atoms with Crippen molar-refractivity contribution >= 4 is 15.6 Å². The number of nitrogens with zero attached hydrogens (tertiary/aromatic N) is 1. The molecular weight excluding hydrogens is 202 g/mol. The van der Waals surface area contributed by atoms with E-state index in [2.05, 4.69) is 4.98 Å². The number of aryl methyl sites for hydroxylation is 1. The molecule has 0 saturated carbocycles. The van der Waals surface area contributed by atoms with E-state index in [0.717, 1.165) is 5.56 Å². The summed E-state index contributed by atoms with van der Waals surface area (Å²) < 4.78 is 23.2. The molecule has 0 amide bonds. The second kappa shape index (κ2) is 2.63. The topological polar surface area (TPSA) is 64.1 Å². The average Bonchev–Trinajstić information content (AvgIpc) is 2.29. The summed E-state index contributed by atoms with van der Waals surface area (Å²) in [7, 11) is -3.42. The molecule has 0 aromatic carbocycles. The fraction of sp³-hybridized carbons (Fsp3) is 0.333. The molecule has 0 saturated heterocycles. The van der Waals surface area contributed by atoms with Gasteiger partial charge in [0, 0.05) is 6.20 Å². The van der Waals surface area contributed by atoms with E-state index in [-0.39, 0.29) is 10.6 Å². The highest BCUT2D eigenvalue weighted by molar-refractivity contribution is 7.92. The lowest BCUT2D eigenvalue weighted by Crippen LogP contribution is -2.04. The molecule has 0 spiro atoms. The van der Waals surface area contributed by atoms with Crippen LogP contribution in [0.2, 0.25) is 0 Å². The Kier molecular flexibility index (Phi) is 1.75. The van der Waals surface area contributed by atoms with Crippen molar-refractivity contribution in [3.05, 3.63) is 23.0 Å². The fourth-order valence-electron chi connectivity index (χ4n) is 1.57. The Morgan fingerprint density at radius 1 is 1.36 bits per heavy atom. The van der Waals surface area contributed by atoms with Crippen LogP contribution in [0.3, 0.4) is 0 Å². The first-order chi connectivity index (χ1) is 6.43. The Labute approximate surface area is 81.9 Å². The molecule has 1 aromatic heterocycles. The number of aromatic nitrogens is 1. The van der Waals surface area contributed by atoms with E-state index in [1.165, 1.54) is 6.20 Å². The molecule has 5 heteroatoms. The summed E-state index contributed by atoms with van der Waals surface area (Å²) in [6, 6.07) is 0. The van der Waals surface area contributed by atoms with Gasteiger partial charge in [-0.3, -0.25) is 9.78 Å². The summed E-state index contributed by atoms with van der Waals surface area (Å²) in [5.41, 5.74) is 1.54. The molecule has 2 rings (SSSR count). The van der Waals surface area contributed by atoms with E-state index in [4.69, 9.17) is 0 Å². The van der Waals surface area contributed by atoms with Crippen LogP contribution in [0, 0.1) is 13.8 Å². The number of rotatable bonds is 0. The number of ketones is 1. The molecule has 0 radical (unpaired) electrons. The van der Waals surface area contributed by atoms with Crippen LogP contribution >= 0.6 is 0 Å². The summed E-state index contributed by atoms with van der Waals surface area (Å²) in [4.78, 5) is 15.3.